The summed E-state index contributed by atoms with van der Waals surface area (Å²) in [6.45, 7) is 18.9. The van der Waals surface area contributed by atoms with Gasteiger partial charge in [-0.1, -0.05) is 48.5 Å². The van der Waals surface area contributed by atoms with E-state index < -0.39 is 0 Å². The summed E-state index contributed by atoms with van der Waals surface area (Å²) in [4.78, 5) is 0. The molecule has 10 atom stereocenters. The molecule has 0 amide bonds. The highest BCUT2D eigenvalue weighted by Gasteiger charge is 2.72. The molecule has 1 aliphatic heterocycles. The highest BCUT2D eigenvalue weighted by Crippen LogP contribution is 2.78. The third kappa shape index (κ3) is 2.41. The Hall–Kier alpha value is -0.0800. The number of rotatable bonds is 0. The first-order chi connectivity index (χ1) is 14.8. The van der Waals surface area contributed by atoms with Crippen LogP contribution < -0.4 is 0 Å². The number of hydrogen-bond acceptors (Lipinski definition) is 2. The van der Waals surface area contributed by atoms with Crippen LogP contribution in [0.3, 0.4) is 0 Å². The van der Waals surface area contributed by atoms with Gasteiger partial charge in [-0.2, -0.15) is 0 Å². The van der Waals surface area contributed by atoms with Gasteiger partial charge in [0.05, 0.1) is 18.8 Å². The third-order valence-corrected chi connectivity index (χ3v) is 14.1. The molecule has 0 aromatic carbocycles. The normalized spacial score (nSPS) is 60.0. The van der Waals surface area contributed by atoms with E-state index in [1.54, 1.807) is 0 Å². The highest BCUT2D eigenvalue weighted by atomic mass is 16.5. The molecule has 6 aliphatic rings. The van der Waals surface area contributed by atoms with Gasteiger partial charge in [-0.05, 0) is 120 Å². The van der Waals surface area contributed by atoms with Gasteiger partial charge in [0.15, 0.2) is 0 Å². The molecule has 182 valence electrons. The van der Waals surface area contributed by atoms with Crippen LogP contribution in [0.1, 0.15) is 113 Å². The van der Waals surface area contributed by atoms with Gasteiger partial charge in [-0.15, -0.1) is 0 Å². The molecule has 1 saturated heterocycles. The van der Waals surface area contributed by atoms with Crippen LogP contribution in [0.25, 0.3) is 0 Å². The van der Waals surface area contributed by atoms with Crippen molar-refractivity contribution in [2.24, 2.45) is 56.2 Å². The maximum Gasteiger partial charge on any atom is 0.0663 e. The Balaban J connectivity index is 1.39. The van der Waals surface area contributed by atoms with Crippen LogP contribution in [0.5, 0.6) is 0 Å². The Morgan fingerprint density at radius 2 is 1.41 bits per heavy atom. The maximum absolute atomic E-state index is 10.9. The number of ether oxygens (including phenoxy) is 1. The van der Waals surface area contributed by atoms with Crippen molar-refractivity contribution in [3.63, 3.8) is 0 Å². The van der Waals surface area contributed by atoms with E-state index in [-0.39, 0.29) is 11.5 Å². The fourth-order valence-electron chi connectivity index (χ4n) is 12.0. The average Bonchev–Trinajstić information content (AvgIpc) is 3.05. The van der Waals surface area contributed by atoms with Crippen LogP contribution in [0.4, 0.5) is 0 Å². The summed E-state index contributed by atoms with van der Waals surface area (Å²) in [6.07, 6.45) is 13.7. The minimum Gasteiger partial charge on any atom is -0.393 e. The van der Waals surface area contributed by atoms with E-state index in [1.165, 1.54) is 57.8 Å². The van der Waals surface area contributed by atoms with Crippen molar-refractivity contribution in [1.29, 1.82) is 0 Å². The molecule has 5 aliphatic carbocycles. The molecule has 2 heteroatoms. The van der Waals surface area contributed by atoms with Crippen molar-refractivity contribution in [2.75, 3.05) is 6.61 Å². The highest BCUT2D eigenvalue weighted by molar-refractivity contribution is 5.21. The van der Waals surface area contributed by atoms with Crippen LogP contribution >= 0.6 is 0 Å². The monoisotopic (exact) mass is 442 g/mol. The lowest BCUT2D eigenvalue weighted by molar-refractivity contribution is -0.252. The smallest absolute Gasteiger partial charge is 0.0663 e. The predicted molar refractivity (Wildman–Crippen MR) is 130 cm³/mol. The van der Waals surface area contributed by atoms with Crippen molar-refractivity contribution in [3.05, 3.63) is 0 Å². The van der Waals surface area contributed by atoms with Crippen LogP contribution in [-0.2, 0) is 4.74 Å². The van der Waals surface area contributed by atoms with E-state index in [0.29, 0.717) is 39.1 Å². The molecule has 6 fully saturated rings. The van der Waals surface area contributed by atoms with Crippen molar-refractivity contribution >= 4 is 0 Å². The molecule has 0 unspecified atom stereocenters. The van der Waals surface area contributed by atoms with Crippen LogP contribution in [-0.4, -0.2) is 23.9 Å². The van der Waals surface area contributed by atoms with Gasteiger partial charge >= 0.3 is 0 Å². The molecule has 0 aromatic rings. The summed E-state index contributed by atoms with van der Waals surface area (Å²) in [5.41, 5.74) is 2.16. The molecule has 5 saturated carbocycles. The summed E-state index contributed by atoms with van der Waals surface area (Å²) >= 11 is 0. The molecule has 1 heterocycles. The Labute approximate surface area is 197 Å². The van der Waals surface area contributed by atoms with E-state index >= 15 is 0 Å². The molecular formula is C30H50O2. The first-order valence-corrected chi connectivity index (χ1v) is 14.1. The lowest BCUT2D eigenvalue weighted by Crippen LogP contribution is -2.67. The standard InChI is InChI=1S/C30H50O2/c1-25(2)14-16-30-17-15-28(6)19(23(30)24(25)32-18-30)8-9-21-27(5)12-11-22(31)26(3,4)20(27)10-13-29(21,28)7/h19-24,31H,8-18H2,1-7H3/t19-,20-,21-,22-,23-,24+,27+,28-,29-,30-/m1/s1. The molecule has 0 spiro atoms. The van der Waals surface area contributed by atoms with Crippen molar-refractivity contribution in [1.82, 2.24) is 0 Å². The van der Waals surface area contributed by atoms with E-state index in [9.17, 15) is 5.11 Å². The molecule has 6 rings (SSSR count). The largest absolute Gasteiger partial charge is 0.393 e. The van der Waals surface area contributed by atoms with Crippen LogP contribution in [0, 0.1) is 56.2 Å². The van der Waals surface area contributed by atoms with Crippen molar-refractivity contribution in [2.45, 2.75) is 125 Å². The van der Waals surface area contributed by atoms with E-state index in [2.05, 4.69) is 48.5 Å². The van der Waals surface area contributed by atoms with E-state index in [0.717, 1.165) is 30.8 Å². The fraction of sp³-hybridized carbons (Fsp3) is 1.00. The van der Waals surface area contributed by atoms with Gasteiger partial charge in [-0.3, -0.25) is 0 Å². The fourth-order valence-corrected chi connectivity index (χ4v) is 12.0. The van der Waals surface area contributed by atoms with Crippen LogP contribution in [0.2, 0.25) is 0 Å². The minimum absolute atomic E-state index is 0.0586. The van der Waals surface area contributed by atoms with Crippen molar-refractivity contribution < 1.29 is 9.84 Å². The second-order valence-electron chi connectivity index (χ2n) is 15.7. The van der Waals surface area contributed by atoms with Gasteiger partial charge in [0.2, 0.25) is 0 Å². The number of hydrogen-bond donors (Lipinski definition) is 1. The summed E-state index contributed by atoms with van der Waals surface area (Å²) in [5.74, 6) is 3.11. The molecule has 0 aromatic heterocycles. The number of fused-ring (bicyclic) bond motifs is 5. The van der Waals surface area contributed by atoms with E-state index in [4.69, 9.17) is 4.74 Å². The molecule has 32 heavy (non-hydrogen) atoms. The Morgan fingerprint density at radius 3 is 2.16 bits per heavy atom. The number of aliphatic hydroxyl groups excluding tert-OH is 1. The zero-order valence-corrected chi connectivity index (χ0v) is 22.1. The van der Waals surface area contributed by atoms with Gasteiger partial charge < -0.3 is 9.84 Å². The first-order valence-electron chi connectivity index (χ1n) is 14.1. The van der Waals surface area contributed by atoms with Gasteiger partial charge in [-0.25, -0.2) is 0 Å². The topological polar surface area (TPSA) is 29.5 Å². The van der Waals surface area contributed by atoms with Crippen molar-refractivity contribution in [3.8, 4) is 0 Å². The van der Waals surface area contributed by atoms with E-state index in [1.807, 2.05) is 0 Å². The summed E-state index contributed by atoms with van der Waals surface area (Å²) in [5, 5.41) is 10.9. The SMILES string of the molecule is CC1(C)CC[C@]23CC[C@]4(C)[C@H](CC[C@@H]5[C@@]6(C)CC[C@@H](O)C(C)(C)[C@H]6CC[C@]54C)[C@@H]2[C@@H]1OC3. The van der Waals surface area contributed by atoms with Crippen LogP contribution in [0.15, 0.2) is 0 Å². The molecule has 1 N–H and O–H groups in total. The zero-order chi connectivity index (χ0) is 22.9. The quantitative estimate of drug-likeness (QED) is 0.428. The lowest BCUT2D eigenvalue weighted by Gasteiger charge is -2.73. The summed E-state index contributed by atoms with van der Waals surface area (Å²) in [7, 11) is 0. The third-order valence-electron chi connectivity index (χ3n) is 14.1. The Bertz CT molecular complexity index is 801. The minimum atomic E-state index is -0.122. The zero-order valence-electron chi connectivity index (χ0n) is 22.1. The van der Waals surface area contributed by atoms with Gasteiger partial charge in [0.1, 0.15) is 0 Å². The molecule has 2 bridgehead atoms. The second-order valence-corrected chi connectivity index (χ2v) is 15.7. The van der Waals surface area contributed by atoms with Gasteiger partial charge in [0, 0.05) is 0 Å². The molecular weight excluding hydrogens is 392 g/mol. The second kappa shape index (κ2) is 6.37. The lowest BCUT2D eigenvalue weighted by atomic mass is 9.31. The van der Waals surface area contributed by atoms with Gasteiger partial charge in [0.25, 0.3) is 0 Å². The Morgan fingerprint density at radius 1 is 0.688 bits per heavy atom. The molecule has 0 radical (unpaired) electrons. The average molecular weight is 443 g/mol. The summed E-state index contributed by atoms with van der Waals surface area (Å²) < 4.78 is 6.71. The predicted octanol–water partition coefficient (Wildman–Crippen LogP) is 7.24. The first kappa shape index (κ1) is 22.4. The Kier molecular flexibility index (Phi) is 4.46. The summed E-state index contributed by atoms with van der Waals surface area (Å²) in [6, 6.07) is 0. The number of aliphatic hydroxyl groups is 1. The maximum atomic E-state index is 10.9. The molecule has 2 nitrogen and oxygen atoms in total.